The lowest BCUT2D eigenvalue weighted by Gasteiger charge is -2.03. The first-order valence-corrected chi connectivity index (χ1v) is 9.30. The highest BCUT2D eigenvalue weighted by atomic mass is 16.4. The molecule has 125 valence electrons. The standard InChI is InChI=1S/C19H37O2/c1-2-3-4-5-6-7-8-9-10-11-12-13-14-15-16-17-18-19(20)21/h6H,2-5,7-18H2,1H3,(H,20,21). The summed E-state index contributed by atoms with van der Waals surface area (Å²) in [5, 5.41) is 8.53. The van der Waals surface area contributed by atoms with E-state index < -0.39 is 5.97 Å². The smallest absolute Gasteiger partial charge is 0.303 e. The van der Waals surface area contributed by atoms with Crippen molar-refractivity contribution in [3.8, 4) is 0 Å². The lowest BCUT2D eigenvalue weighted by Crippen LogP contribution is -1.93. The Labute approximate surface area is 132 Å². The Morgan fingerprint density at radius 3 is 1.62 bits per heavy atom. The molecule has 0 saturated heterocycles. The molecule has 0 aliphatic heterocycles. The second-order valence-electron chi connectivity index (χ2n) is 6.25. The summed E-state index contributed by atoms with van der Waals surface area (Å²) in [7, 11) is 0. The van der Waals surface area contributed by atoms with Gasteiger partial charge in [-0.15, -0.1) is 0 Å². The van der Waals surface area contributed by atoms with Crippen LogP contribution in [0.4, 0.5) is 0 Å². The third-order valence-electron chi connectivity index (χ3n) is 4.06. The van der Waals surface area contributed by atoms with E-state index >= 15 is 0 Å². The number of carbonyl (C=O) groups is 1. The van der Waals surface area contributed by atoms with Crippen LogP contribution in [0.25, 0.3) is 0 Å². The van der Waals surface area contributed by atoms with Gasteiger partial charge in [-0.05, 0) is 12.8 Å². The number of unbranched alkanes of at least 4 members (excludes halogenated alkanes) is 15. The lowest BCUT2D eigenvalue weighted by atomic mass is 10.0. The van der Waals surface area contributed by atoms with Gasteiger partial charge in [0.2, 0.25) is 0 Å². The summed E-state index contributed by atoms with van der Waals surface area (Å²) in [5.74, 6) is -0.655. The van der Waals surface area contributed by atoms with Crippen LogP contribution in [-0.4, -0.2) is 11.1 Å². The quantitative estimate of drug-likeness (QED) is 0.310. The van der Waals surface area contributed by atoms with Gasteiger partial charge in [0, 0.05) is 6.42 Å². The molecule has 0 rings (SSSR count). The summed E-state index contributed by atoms with van der Waals surface area (Å²) >= 11 is 0. The monoisotopic (exact) mass is 297 g/mol. The summed E-state index contributed by atoms with van der Waals surface area (Å²) < 4.78 is 0. The van der Waals surface area contributed by atoms with Gasteiger partial charge in [0.25, 0.3) is 0 Å². The van der Waals surface area contributed by atoms with Gasteiger partial charge >= 0.3 is 5.97 Å². The Hall–Kier alpha value is -0.530. The predicted octanol–water partition coefficient (Wildman–Crippen LogP) is 6.54. The van der Waals surface area contributed by atoms with Crippen LogP contribution in [0.2, 0.25) is 0 Å². The normalized spacial score (nSPS) is 10.9. The number of hydrogen-bond acceptors (Lipinski definition) is 1. The predicted molar refractivity (Wildman–Crippen MR) is 91.5 cm³/mol. The number of hydrogen-bond donors (Lipinski definition) is 1. The maximum Gasteiger partial charge on any atom is 0.303 e. The van der Waals surface area contributed by atoms with E-state index in [-0.39, 0.29) is 0 Å². The number of carboxylic acids is 1. The van der Waals surface area contributed by atoms with Crippen molar-refractivity contribution in [3.63, 3.8) is 0 Å². The molecule has 0 aliphatic rings. The molecule has 1 radical (unpaired) electrons. The summed E-state index contributed by atoms with van der Waals surface area (Å²) in [6, 6.07) is 0. The Morgan fingerprint density at radius 2 is 1.14 bits per heavy atom. The van der Waals surface area contributed by atoms with Crippen molar-refractivity contribution in [3.05, 3.63) is 6.42 Å². The molecule has 21 heavy (non-hydrogen) atoms. The zero-order valence-electron chi connectivity index (χ0n) is 14.2. The second-order valence-corrected chi connectivity index (χ2v) is 6.25. The molecule has 0 bridgehead atoms. The molecule has 0 atom stereocenters. The Kier molecular flexibility index (Phi) is 17.1. The van der Waals surface area contributed by atoms with Gasteiger partial charge in [-0.25, -0.2) is 0 Å². The average molecular weight is 298 g/mol. The fourth-order valence-corrected chi connectivity index (χ4v) is 2.66. The van der Waals surface area contributed by atoms with E-state index in [9.17, 15) is 4.79 Å². The molecule has 0 aromatic rings. The van der Waals surface area contributed by atoms with Crippen molar-refractivity contribution in [2.45, 2.75) is 110 Å². The van der Waals surface area contributed by atoms with Crippen molar-refractivity contribution < 1.29 is 9.90 Å². The van der Waals surface area contributed by atoms with E-state index in [1.165, 1.54) is 83.5 Å². The molecule has 0 saturated carbocycles. The first-order chi connectivity index (χ1) is 10.3. The zero-order valence-corrected chi connectivity index (χ0v) is 14.2. The highest BCUT2D eigenvalue weighted by Crippen LogP contribution is 2.13. The first kappa shape index (κ1) is 20.5. The van der Waals surface area contributed by atoms with Crippen molar-refractivity contribution in [2.24, 2.45) is 0 Å². The Balaban J connectivity index is 2.95. The number of rotatable bonds is 17. The largest absolute Gasteiger partial charge is 0.481 e. The molecule has 0 aromatic carbocycles. The van der Waals surface area contributed by atoms with Crippen LogP contribution in [0.15, 0.2) is 0 Å². The second kappa shape index (κ2) is 17.5. The molecule has 1 N–H and O–H groups in total. The summed E-state index contributed by atoms with van der Waals surface area (Å²) in [5.41, 5.74) is 0. The number of aliphatic carboxylic acids is 1. The van der Waals surface area contributed by atoms with Crippen molar-refractivity contribution in [1.29, 1.82) is 0 Å². The molecular weight excluding hydrogens is 260 g/mol. The fourth-order valence-electron chi connectivity index (χ4n) is 2.66. The first-order valence-electron chi connectivity index (χ1n) is 9.30. The van der Waals surface area contributed by atoms with Crippen LogP contribution in [0, 0.1) is 6.42 Å². The molecule has 0 aliphatic carbocycles. The van der Waals surface area contributed by atoms with Crippen LogP contribution < -0.4 is 0 Å². The maximum atomic E-state index is 10.3. The molecular formula is C19H37O2. The van der Waals surface area contributed by atoms with Gasteiger partial charge in [-0.3, -0.25) is 4.79 Å². The highest BCUT2D eigenvalue weighted by Gasteiger charge is 1.97. The topological polar surface area (TPSA) is 37.3 Å². The Bertz CT molecular complexity index is 214. The van der Waals surface area contributed by atoms with Crippen molar-refractivity contribution >= 4 is 5.97 Å². The van der Waals surface area contributed by atoms with Gasteiger partial charge in [-0.2, -0.15) is 0 Å². The summed E-state index contributed by atoms with van der Waals surface area (Å²) in [4.78, 5) is 10.3. The van der Waals surface area contributed by atoms with E-state index in [0.29, 0.717) is 6.42 Å². The van der Waals surface area contributed by atoms with Gasteiger partial charge < -0.3 is 5.11 Å². The SMILES string of the molecule is CCCCC[CH]CCCCCCCCCCCCC(=O)O. The van der Waals surface area contributed by atoms with Gasteiger partial charge in [0.05, 0.1) is 0 Å². The fraction of sp³-hybridized carbons (Fsp3) is 0.895. The average Bonchev–Trinajstić information content (AvgIpc) is 2.46. The van der Waals surface area contributed by atoms with Crippen LogP contribution in [0.5, 0.6) is 0 Å². The highest BCUT2D eigenvalue weighted by molar-refractivity contribution is 5.66. The molecule has 0 aromatic heterocycles. The minimum atomic E-state index is -0.655. The van der Waals surface area contributed by atoms with E-state index in [1.807, 2.05) is 0 Å². The van der Waals surface area contributed by atoms with E-state index in [2.05, 4.69) is 13.3 Å². The number of carboxylic acid groups (broad SMARTS) is 1. The van der Waals surface area contributed by atoms with E-state index in [1.54, 1.807) is 0 Å². The lowest BCUT2D eigenvalue weighted by molar-refractivity contribution is -0.137. The minimum Gasteiger partial charge on any atom is -0.481 e. The van der Waals surface area contributed by atoms with Gasteiger partial charge in [0.15, 0.2) is 0 Å². The van der Waals surface area contributed by atoms with Crippen LogP contribution >= 0.6 is 0 Å². The Morgan fingerprint density at radius 1 is 0.714 bits per heavy atom. The molecule has 2 heteroatoms. The van der Waals surface area contributed by atoms with E-state index in [4.69, 9.17) is 5.11 Å². The molecule has 0 fully saturated rings. The molecule has 0 spiro atoms. The minimum absolute atomic E-state index is 0.343. The van der Waals surface area contributed by atoms with Gasteiger partial charge in [0.1, 0.15) is 0 Å². The van der Waals surface area contributed by atoms with Crippen LogP contribution in [0.3, 0.4) is 0 Å². The molecule has 0 unspecified atom stereocenters. The molecule has 0 heterocycles. The van der Waals surface area contributed by atoms with Gasteiger partial charge in [-0.1, -0.05) is 96.8 Å². The molecule has 0 amide bonds. The third kappa shape index (κ3) is 19.5. The van der Waals surface area contributed by atoms with Crippen LogP contribution in [0.1, 0.15) is 110 Å². The summed E-state index contributed by atoms with van der Waals surface area (Å²) in [6.07, 6.45) is 22.2. The van der Waals surface area contributed by atoms with Crippen LogP contribution in [-0.2, 0) is 4.79 Å². The summed E-state index contributed by atoms with van der Waals surface area (Å²) in [6.45, 7) is 2.26. The third-order valence-corrected chi connectivity index (χ3v) is 4.06. The van der Waals surface area contributed by atoms with Crippen molar-refractivity contribution in [2.75, 3.05) is 0 Å². The van der Waals surface area contributed by atoms with E-state index in [0.717, 1.165) is 12.8 Å². The maximum absolute atomic E-state index is 10.3. The molecule has 2 nitrogen and oxygen atoms in total. The zero-order chi connectivity index (χ0) is 15.6. The van der Waals surface area contributed by atoms with Crippen molar-refractivity contribution in [1.82, 2.24) is 0 Å².